The monoisotopic (exact) mass is 402 g/mol. The molecule has 138 valence electrons. The first-order valence-corrected chi connectivity index (χ1v) is 8.22. The molecule has 0 aliphatic heterocycles. The number of carboxylic acid groups (broad SMARTS) is 1. The van der Waals surface area contributed by atoms with Crippen molar-refractivity contribution in [2.45, 2.75) is 26.4 Å². The first kappa shape index (κ1) is 20.1. The van der Waals surface area contributed by atoms with Gasteiger partial charge in [0.15, 0.2) is 11.5 Å². The molecule has 0 fully saturated rings. The summed E-state index contributed by atoms with van der Waals surface area (Å²) in [7, 11) is 0. The number of alkyl halides is 1. The number of nitrogens with two attached hydrogens (primary N) is 1. The molecule has 0 amide bonds. The van der Waals surface area contributed by atoms with Crippen molar-refractivity contribution in [3.05, 3.63) is 44.8 Å². The maximum atomic E-state index is 14.9. The Morgan fingerprint density at radius 1 is 1.35 bits per heavy atom. The van der Waals surface area contributed by atoms with Gasteiger partial charge in [-0.2, -0.15) is 0 Å². The number of rotatable bonds is 5. The number of hydrogen-bond donors (Lipinski definition) is 2. The molecule has 2 aromatic rings. The number of Topliss-reactive ketones (excluding diaryl/α,β-unsaturated/α-hetero) is 1. The Balaban J connectivity index is 2.89. The first-order chi connectivity index (χ1) is 12.1. The van der Waals surface area contributed by atoms with Gasteiger partial charge in [0.05, 0.1) is 22.0 Å². The number of nitrogen functional groups attached to an aromatic ring is 1. The molecule has 2 rings (SSSR count). The summed E-state index contributed by atoms with van der Waals surface area (Å²) in [6.45, 7) is 2.64. The number of pyridine rings is 1. The van der Waals surface area contributed by atoms with Crippen LogP contribution in [0.1, 0.15) is 52.8 Å². The number of carbonyl (C=O) groups excluding carboxylic acids is 1. The van der Waals surface area contributed by atoms with Crippen LogP contribution in [0, 0.1) is 5.82 Å². The summed E-state index contributed by atoms with van der Waals surface area (Å²) >= 11 is 11.8. The van der Waals surface area contributed by atoms with E-state index in [0.29, 0.717) is 0 Å². The predicted octanol–water partition coefficient (Wildman–Crippen LogP) is 5.10. The molecule has 0 saturated heterocycles. The normalized spacial score (nSPS) is 12.1. The molecular weight excluding hydrogens is 389 g/mol. The molecule has 0 radical (unpaired) electrons. The van der Waals surface area contributed by atoms with Crippen molar-refractivity contribution < 1.29 is 23.5 Å². The Hall–Kier alpha value is -2.25. The van der Waals surface area contributed by atoms with Gasteiger partial charge in [-0.05, 0) is 25.5 Å². The zero-order chi connectivity index (χ0) is 19.8. The van der Waals surface area contributed by atoms with Crippen LogP contribution in [0.2, 0.25) is 10.0 Å². The van der Waals surface area contributed by atoms with Crippen molar-refractivity contribution in [1.29, 1.82) is 0 Å². The molecule has 26 heavy (non-hydrogen) atoms. The van der Waals surface area contributed by atoms with Gasteiger partial charge in [0.1, 0.15) is 12.0 Å². The summed E-state index contributed by atoms with van der Waals surface area (Å²) in [5.41, 5.74) is 3.65. The van der Waals surface area contributed by atoms with Gasteiger partial charge >= 0.3 is 5.97 Å². The third-order valence-corrected chi connectivity index (χ3v) is 4.48. The lowest BCUT2D eigenvalue weighted by Crippen LogP contribution is -2.12. The highest BCUT2D eigenvalue weighted by Gasteiger charge is 2.27. The second-order valence-corrected chi connectivity index (χ2v) is 6.26. The average molecular weight is 403 g/mol. The fourth-order valence-corrected chi connectivity index (χ4v) is 3.13. The highest BCUT2D eigenvalue weighted by Crippen LogP contribution is 2.39. The molecular formula is C17H14Cl2F2N2O3. The Morgan fingerprint density at radius 3 is 2.46 bits per heavy atom. The van der Waals surface area contributed by atoms with Crippen molar-refractivity contribution in [3.8, 4) is 11.3 Å². The van der Waals surface area contributed by atoms with E-state index in [1.165, 1.54) is 19.1 Å². The standard InChI is InChI=1S/C17H14Cl2F2N2O3/c1-3-9(20)11-8(18)5-4-7(13(11)21)15-14(22)10(6(2)24)12(19)16(23-15)17(25)26/h4-5,9H,3,22H2,1-2H3,(H,25,26). The van der Waals surface area contributed by atoms with E-state index in [-0.39, 0.29) is 39.5 Å². The van der Waals surface area contributed by atoms with Gasteiger partial charge in [0.2, 0.25) is 0 Å². The largest absolute Gasteiger partial charge is 0.476 e. The molecule has 0 spiro atoms. The summed E-state index contributed by atoms with van der Waals surface area (Å²) in [5.74, 6) is -3.17. The molecule has 0 aliphatic rings. The zero-order valence-electron chi connectivity index (χ0n) is 13.7. The molecule has 0 aliphatic carbocycles. The SMILES string of the molecule is CCC(F)c1c(Cl)ccc(-c2nc(C(=O)O)c(Cl)c(C(C)=O)c2N)c1F. The van der Waals surface area contributed by atoms with Crippen LogP contribution in [-0.4, -0.2) is 21.8 Å². The van der Waals surface area contributed by atoms with Crippen molar-refractivity contribution in [1.82, 2.24) is 4.98 Å². The van der Waals surface area contributed by atoms with E-state index in [9.17, 15) is 23.5 Å². The van der Waals surface area contributed by atoms with Crippen LogP contribution in [0.3, 0.4) is 0 Å². The smallest absolute Gasteiger partial charge is 0.356 e. The molecule has 1 unspecified atom stereocenters. The van der Waals surface area contributed by atoms with E-state index in [0.717, 1.165) is 6.92 Å². The molecule has 1 atom stereocenters. The number of benzene rings is 1. The van der Waals surface area contributed by atoms with Gasteiger partial charge in [0.25, 0.3) is 0 Å². The van der Waals surface area contributed by atoms with Gasteiger partial charge in [-0.3, -0.25) is 4.79 Å². The minimum atomic E-state index is -1.68. The van der Waals surface area contributed by atoms with Crippen LogP contribution >= 0.6 is 23.2 Å². The van der Waals surface area contributed by atoms with E-state index in [2.05, 4.69) is 4.98 Å². The number of halogens is 4. The molecule has 1 aromatic heterocycles. The number of ketones is 1. The van der Waals surface area contributed by atoms with Gasteiger partial charge in [-0.25, -0.2) is 18.6 Å². The summed E-state index contributed by atoms with van der Waals surface area (Å²) < 4.78 is 29.0. The molecule has 9 heteroatoms. The summed E-state index contributed by atoms with van der Waals surface area (Å²) in [6, 6.07) is 2.44. The van der Waals surface area contributed by atoms with Crippen molar-refractivity contribution in [2.75, 3.05) is 5.73 Å². The third-order valence-electron chi connectivity index (χ3n) is 3.78. The summed E-state index contributed by atoms with van der Waals surface area (Å²) in [4.78, 5) is 27.0. The van der Waals surface area contributed by atoms with Crippen LogP contribution in [0.4, 0.5) is 14.5 Å². The van der Waals surface area contributed by atoms with Crippen LogP contribution in [-0.2, 0) is 0 Å². The fraction of sp³-hybridized carbons (Fsp3) is 0.235. The fourth-order valence-electron chi connectivity index (χ4n) is 2.51. The number of anilines is 1. The Morgan fingerprint density at radius 2 is 1.96 bits per heavy atom. The Kier molecular flexibility index (Phi) is 5.83. The maximum Gasteiger partial charge on any atom is 0.356 e. The molecule has 0 bridgehead atoms. The van der Waals surface area contributed by atoms with Crippen molar-refractivity contribution in [2.24, 2.45) is 0 Å². The van der Waals surface area contributed by atoms with Crippen molar-refractivity contribution in [3.63, 3.8) is 0 Å². The quantitative estimate of drug-likeness (QED) is 0.678. The number of hydrogen-bond acceptors (Lipinski definition) is 4. The van der Waals surface area contributed by atoms with E-state index in [4.69, 9.17) is 28.9 Å². The third kappa shape index (κ3) is 3.37. The molecule has 1 heterocycles. The lowest BCUT2D eigenvalue weighted by Gasteiger charge is -2.16. The summed E-state index contributed by atoms with van der Waals surface area (Å²) in [5, 5.41) is 8.68. The highest BCUT2D eigenvalue weighted by atomic mass is 35.5. The number of aromatic nitrogens is 1. The molecule has 1 aromatic carbocycles. The van der Waals surface area contributed by atoms with Crippen LogP contribution in [0.25, 0.3) is 11.3 Å². The molecule has 5 nitrogen and oxygen atoms in total. The van der Waals surface area contributed by atoms with E-state index >= 15 is 0 Å². The lowest BCUT2D eigenvalue weighted by atomic mass is 9.98. The van der Waals surface area contributed by atoms with Crippen LogP contribution in [0.5, 0.6) is 0 Å². The minimum Gasteiger partial charge on any atom is -0.476 e. The molecule has 0 saturated carbocycles. The topological polar surface area (TPSA) is 93.3 Å². The highest BCUT2D eigenvalue weighted by molar-refractivity contribution is 6.37. The predicted molar refractivity (Wildman–Crippen MR) is 95.2 cm³/mol. The zero-order valence-corrected chi connectivity index (χ0v) is 15.3. The van der Waals surface area contributed by atoms with Gasteiger partial charge in [0, 0.05) is 16.1 Å². The van der Waals surface area contributed by atoms with Crippen molar-refractivity contribution >= 4 is 40.6 Å². The maximum absolute atomic E-state index is 14.9. The first-order valence-electron chi connectivity index (χ1n) is 7.47. The average Bonchev–Trinajstić information content (AvgIpc) is 2.55. The van der Waals surface area contributed by atoms with Gasteiger partial charge in [-0.15, -0.1) is 0 Å². The second-order valence-electron chi connectivity index (χ2n) is 5.47. The number of carboxylic acids is 1. The lowest BCUT2D eigenvalue weighted by molar-refractivity contribution is 0.0691. The van der Waals surface area contributed by atoms with Crippen LogP contribution < -0.4 is 5.73 Å². The summed E-state index contributed by atoms with van der Waals surface area (Å²) in [6.07, 6.45) is -1.70. The van der Waals surface area contributed by atoms with E-state index in [1.807, 2.05) is 0 Å². The van der Waals surface area contributed by atoms with E-state index in [1.54, 1.807) is 0 Å². The second kappa shape index (κ2) is 7.55. The number of carbonyl (C=O) groups is 2. The molecule has 3 N–H and O–H groups in total. The number of aromatic carboxylic acids is 1. The van der Waals surface area contributed by atoms with Gasteiger partial charge < -0.3 is 10.8 Å². The van der Waals surface area contributed by atoms with Gasteiger partial charge in [-0.1, -0.05) is 30.1 Å². The minimum absolute atomic E-state index is 0.0251. The Labute approximate surface area is 157 Å². The van der Waals surface area contributed by atoms with Crippen LogP contribution in [0.15, 0.2) is 12.1 Å². The van der Waals surface area contributed by atoms with E-state index < -0.39 is 34.5 Å². The Bertz CT molecular complexity index is 920. The number of nitrogens with zero attached hydrogens (tertiary/aromatic N) is 1.